The number of piperidine rings is 1. The lowest BCUT2D eigenvalue weighted by Gasteiger charge is -2.43. The van der Waals surface area contributed by atoms with Crippen LogP contribution in [0.5, 0.6) is 5.75 Å². The van der Waals surface area contributed by atoms with Crippen molar-refractivity contribution in [3.8, 4) is 5.75 Å². The molecule has 2 aromatic carbocycles. The summed E-state index contributed by atoms with van der Waals surface area (Å²) < 4.78 is 18.8. The van der Waals surface area contributed by atoms with Gasteiger partial charge in [-0.05, 0) is 37.1 Å². The van der Waals surface area contributed by atoms with Crippen LogP contribution in [0.2, 0.25) is 5.02 Å². The number of hydrogen-bond donors (Lipinski definition) is 4. The fourth-order valence-electron chi connectivity index (χ4n) is 5.67. The number of thiol groups is 1. The summed E-state index contributed by atoms with van der Waals surface area (Å²) in [6.07, 6.45) is 3.85. The molecule has 0 amide bonds. The number of methoxy groups -OCH3 is 1. The predicted molar refractivity (Wildman–Crippen MR) is 173 cm³/mol. The molecule has 3 aromatic rings. The van der Waals surface area contributed by atoms with Crippen molar-refractivity contribution in [2.75, 3.05) is 86.4 Å². The van der Waals surface area contributed by atoms with E-state index in [1.807, 2.05) is 30.3 Å². The molecule has 2 fully saturated rings. The SMILES string of the molecule is COc1cc(N2CCC(N3CCN(CCN)CC3)CC2)ccc1Nc1ncc(Cl)c(Nc2ccccc2N(C)[SH]=O)n1. The lowest BCUT2D eigenvalue weighted by molar-refractivity contribution is 0.0866. The Balaban J connectivity index is 1.23. The number of nitrogens with one attached hydrogen (secondary N) is 2. The van der Waals surface area contributed by atoms with E-state index in [4.69, 9.17) is 22.1 Å². The molecule has 5 rings (SSSR count). The summed E-state index contributed by atoms with van der Waals surface area (Å²) in [6, 6.07) is 14.3. The number of anilines is 6. The molecule has 0 unspecified atom stereocenters. The number of benzene rings is 2. The zero-order valence-electron chi connectivity index (χ0n) is 24.2. The van der Waals surface area contributed by atoms with Crippen LogP contribution in [0.4, 0.5) is 34.5 Å². The van der Waals surface area contributed by atoms with Crippen molar-refractivity contribution in [1.82, 2.24) is 19.8 Å². The standard InChI is InChI=1S/C29H40ClN9O2S/c1-36(42-40)26-6-4-3-5-24(26)33-28-23(30)20-32-29(35-28)34-25-8-7-22(19-27(25)41-2)38-12-9-21(10-13-38)39-17-15-37(14-11-31)16-18-39/h3-8,19-21,42H,9-18,31H2,1-2H3,(H2,32,33,34,35). The van der Waals surface area contributed by atoms with Gasteiger partial charge in [-0.3, -0.25) is 14.1 Å². The van der Waals surface area contributed by atoms with Crippen LogP contribution in [-0.4, -0.2) is 96.5 Å². The molecule has 0 saturated carbocycles. The molecule has 11 nitrogen and oxygen atoms in total. The van der Waals surface area contributed by atoms with E-state index in [1.165, 1.54) is 0 Å². The first-order chi connectivity index (χ1) is 20.5. The van der Waals surface area contributed by atoms with E-state index in [1.54, 1.807) is 24.7 Å². The van der Waals surface area contributed by atoms with Gasteiger partial charge in [0.15, 0.2) is 5.82 Å². The van der Waals surface area contributed by atoms with Crippen molar-refractivity contribution >= 4 is 58.0 Å². The topological polar surface area (TPSA) is 115 Å². The maximum Gasteiger partial charge on any atom is 0.229 e. The molecule has 0 atom stereocenters. The largest absolute Gasteiger partial charge is 0.494 e. The number of nitrogens with two attached hydrogens (primary N) is 1. The maximum absolute atomic E-state index is 11.4. The third-order valence-electron chi connectivity index (χ3n) is 8.00. The molecule has 4 N–H and O–H groups in total. The molecule has 13 heteroatoms. The van der Waals surface area contributed by atoms with Gasteiger partial charge in [0.1, 0.15) is 22.6 Å². The zero-order valence-corrected chi connectivity index (χ0v) is 25.8. The molecule has 3 heterocycles. The summed E-state index contributed by atoms with van der Waals surface area (Å²) in [4.78, 5) is 16.5. The number of nitrogens with zero attached hydrogens (tertiary/aromatic N) is 6. The first-order valence-corrected chi connectivity index (χ1v) is 15.5. The van der Waals surface area contributed by atoms with Crippen molar-refractivity contribution in [3.05, 3.63) is 53.7 Å². The molecular formula is C29H40ClN9O2S. The van der Waals surface area contributed by atoms with Gasteiger partial charge in [0.25, 0.3) is 0 Å². The number of halogens is 1. The van der Waals surface area contributed by atoms with Crippen molar-refractivity contribution < 1.29 is 8.95 Å². The molecule has 2 aliphatic heterocycles. The Morgan fingerprint density at radius 2 is 1.83 bits per heavy atom. The van der Waals surface area contributed by atoms with E-state index in [0.29, 0.717) is 28.6 Å². The Bertz CT molecular complexity index is 1350. The Morgan fingerprint density at radius 3 is 2.55 bits per heavy atom. The molecule has 42 heavy (non-hydrogen) atoms. The Morgan fingerprint density at radius 1 is 1.07 bits per heavy atom. The van der Waals surface area contributed by atoms with Gasteiger partial charge < -0.3 is 26.0 Å². The number of rotatable bonds is 11. The number of para-hydroxylation sites is 2. The molecule has 0 aliphatic carbocycles. The van der Waals surface area contributed by atoms with Crippen LogP contribution < -0.4 is 30.3 Å². The highest BCUT2D eigenvalue weighted by atomic mass is 35.5. The highest BCUT2D eigenvalue weighted by Gasteiger charge is 2.27. The van der Waals surface area contributed by atoms with Gasteiger partial charge in [-0.1, -0.05) is 23.7 Å². The summed E-state index contributed by atoms with van der Waals surface area (Å²) in [5, 5.41) is 6.88. The average Bonchev–Trinajstić information content (AvgIpc) is 3.03. The summed E-state index contributed by atoms with van der Waals surface area (Å²) in [6.45, 7) is 8.25. The van der Waals surface area contributed by atoms with Crippen LogP contribution in [0.15, 0.2) is 48.7 Å². The van der Waals surface area contributed by atoms with Crippen LogP contribution >= 0.6 is 11.6 Å². The highest BCUT2D eigenvalue weighted by Crippen LogP contribution is 2.35. The number of ether oxygens (including phenoxy) is 1. The summed E-state index contributed by atoms with van der Waals surface area (Å²) in [5.74, 6) is 1.50. The molecule has 1 aromatic heterocycles. The maximum atomic E-state index is 11.4. The molecule has 0 radical (unpaired) electrons. The number of aromatic nitrogens is 2. The van der Waals surface area contributed by atoms with E-state index < -0.39 is 0 Å². The third kappa shape index (κ3) is 7.24. The molecule has 2 aliphatic rings. The Kier molecular flexibility index (Phi) is 10.3. The van der Waals surface area contributed by atoms with E-state index >= 15 is 0 Å². The highest BCUT2D eigenvalue weighted by molar-refractivity contribution is 7.67. The Hall–Kier alpha value is -3.16. The summed E-state index contributed by atoms with van der Waals surface area (Å²) in [7, 11) is 3.40. The zero-order chi connectivity index (χ0) is 29.5. The molecule has 2 saturated heterocycles. The van der Waals surface area contributed by atoms with Gasteiger partial charge in [0.05, 0.1) is 30.4 Å². The molecule has 0 bridgehead atoms. The number of piperazine rings is 1. The quantitative estimate of drug-likeness (QED) is 0.240. The van der Waals surface area contributed by atoms with E-state index in [0.717, 1.165) is 87.9 Å². The normalized spacial score (nSPS) is 16.8. The lowest BCUT2D eigenvalue weighted by atomic mass is 10.0. The lowest BCUT2D eigenvalue weighted by Crippen LogP contribution is -2.53. The second-order valence-corrected chi connectivity index (χ2v) is 11.7. The first kappa shape index (κ1) is 30.3. The summed E-state index contributed by atoms with van der Waals surface area (Å²) in [5.41, 5.74) is 9.09. The fourth-order valence-corrected chi connectivity index (χ4v) is 6.07. The summed E-state index contributed by atoms with van der Waals surface area (Å²) >= 11 is 6.30. The first-order valence-electron chi connectivity index (χ1n) is 14.3. The Labute approximate surface area is 256 Å². The average molecular weight is 614 g/mol. The molecule has 0 spiro atoms. The van der Waals surface area contributed by atoms with Crippen molar-refractivity contribution in [1.29, 1.82) is 0 Å². The minimum Gasteiger partial charge on any atom is -0.494 e. The minimum absolute atomic E-state index is 0.122. The van der Waals surface area contributed by atoms with Crippen molar-refractivity contribution in [3.63, 3.8) is 0 Å². The van der Waals surface area contributed by atoms with Gasteiger partial charge in [-0.15, -0.1) is 0 Å². The fraction of sp³-hybridized carbons (Fsp3) is 0.448. The smallest absolute Gasteiger partial charge is 0.229 e. The second-order valence-electron chi connectivity index (χ2n) is 10.5. The minimum atomic E-state index is -0.122. The van der Waals surface area contributed by atoms with Gasteiger partial charge in [0, 0.05) is 77.2 Å². The molecular weight excluding hydrogens is 574 g/mol. The van der Waals surface area contributed by atoms with Crippen LogP contribution in [0.1, 0.15) is 12.8 Å². The van der Waals surface area contributed by atoms with Crippen LogP contribution in [0.25, 0.3) is 0 Å². The van der Waals surface area contributed by atoms with Crippen LogP contribution in [0.3, 0.4) is 0 Å². The van der Waals surface area contributed by atoms with Gasteiger partial charge in [0.2, 0.25) is 5.95 Å². The monoisotopic (exact) mass is 613 g/mol. The van der Waals surface area contributed by atoms with E-state index in [-0.39, 0.29) is 11.9 Å². The van der Waals surface area contributed by atoms with Crippen LogP contribution in [-0.2, 0) is 11.9 Å². The van der Waals surface area contributed by atoms with E-state index in [9.17, 15) is 4.21 Å². The number of hydrogen-bond acceptors (Lipinski definition) is 10. The van der Waals surface area contributed by atoms with E-state index in [2.05, 4.69) is 47.4 Å². The molecule has 226 valence electrons. The van der Waals surface area contributed by atoms with Crippen LogP contribution in [0, 0.1) is 0 Å². The second kappa shape index (κ2) is 14.3. The van der Waals surface area contributed by atoms with Gasteiger partial charge >= 0.3 is 0 Å². The van der Waals surface area contributed by atoms with Crippen molar-refractivity contribution in [2.45, 2.75) is 18.9 Å². The van der Waals surface area contributed by atoms with Gasteiger partial charge in [-0.25, -0.2) is 9.19 Å². The third-order valence-corrected chi connectivity index (χ3v) is 8.74. The predicted octanol–water partition coefficient (Wildman–Crippen LogP) is 3.47. The van der Waals surface area contributed by atoms with Crippen molar-refractivity contribution in [2.24, 2.45) is 5.73 Å². The van der Waals surface area contributed by atoms with Gasteiger partial charge in [-0.2, -0.15) is 4.98 Å².